The Balaban J connectivity index is 1.79. The molecule has 2 aromatic carbocycles. The molecule has 0 unspecified atom stereocenters. The van der Waals surface area contributed by atoms with E-state index in [1.807, 2.05) is 18.2 Å². The van der Waals surface area contributed by atoms with E-state index in [2.05, 4.69) is 29.2 Å². The van der Waals surface area contributed by atoms with Gasteiger partial charge in [0.15, 0.2) is 0 Å². The minimum absolute atomic E-state index is 0.0667. The van der Waals surface area contributed by atoms with E-state index in [0.717, 1.165) is 36.5 Å². The van der Waals surface area contributed by atoms with E-state index in [0.29, 0.717) is 0 Å². The number of methoxy groups -OCH3 is 1. The third-order valence-corrected chi connectivity index (χ3v) is 3.83. The van der Waals surface area contributed by atoms with Crippen molar-refractivity contribution in [2.45, 2.75) is 26.2 Å². The molecule has 0 aromatic heterocycles. The number of fused-ring (bicyclic) bond motifs is 1. The molecule has 3 heteroatoms. The number of hydrogen-bond acceptors (Lipinski definition) is 3. The van der Waals surface area contributed by atoms with Crippen LogP contribution in [0.3, 0.4) is 0 Å². The van der Waals surface area contributed by atoms with Crippen molar-refractivity contribution >= 4 is 0 Å². The number of aliphatic hydroxyl groups excluding tert-OH is 1. The first-order chi connectivity index (χ1) is 9.80. The summed E-state index contributed by atoms with van der Waals surface area (Å²) in [5.74, 6) is 0.887. The Bertz CT molecular complexity index is 585. The van der Waals surface area contributed by atoms with Crippen molar-refractivity contribution in [1.82, 2.24) is 4.90 Å². The molecule has 0 aliphatic carbocycles. The van der Waals surface area contributed by atoms with Crippen LogP contribution in [0, 0.1) is 0 Å². The third kappa shape index (κ3) is 2.55. The van der Waals surface area contributed by atoms with Gasteiger partial charge in [0.1, 0.15) is 5.75 Å². The summed E-state index contributed by atoms with van der Waals surface area (Å²) < 4.78 is 5.42. The fourth-order valence-electron chi connectivity index (χ4n) is 2.81. The molecule has 1 aliphatic rings. The van der Waals surface area contributed by atoms with Crippen molar-refractivity contribution in [3.05, 3.63) is 64.7 Å². The molecule has 0 fully saturated rings. The van der Waals surface area contributed by atoms with Crippen LogP contribution in [0.5, 0.6) is 5.75 Å². The third-order valence-electron chi connectivity index (χ3n) is 3.83. The second-order valence-electron chi connectivity index (χ2n) is 5.22. The van der Waals surface area contributed by atoms with Gasteiger partial charge >= 0.3 is 0 Å². The predicted molar refractivity (Wildman–Crippen MR) is 78.3 cm³/mol. The predicted octanol–water partition coefficient (Wildman–Crippen LogP) is 2.70. The highest BCUT2D eigenvalue weighted by Gasteiger charge is 2.19. The molecule has 0 saturated carbocycles. The van der Waals surface area contributed by atoms with Crippen LogP contribution < -0.4 is 4.74 Å². The van der Waals surface area contributed by atoms with E-state index in [9.17, 15) is 5.11 Å². The van der Waals surface area contributed by atoms with Crippen LogP contribution in [0.2, 0.25) is 0 Å². The summed E-state index contributed by atoms with van der Waals surface area (Å²) in [5.41, 5.74) is 4.87. The number of nitrogens with zero attached hydrogens (tertiary/aromatic N) is 1. The summed E-state index contributed by atoms with van der Waals surface area (Å²) in [5, 5.41) is 9.27. The number of ether oxygens (including phenoxy) is 1. The molecule has 20 heavy (non-hydrogen) atoms. The topological polar surface area (TPSA) is 32.7 Å². The zero-order valence-electron chi connectivity index (χ0n) is 11.7. The second kappa shape index (κ2) is 5.65. The number of hydrogen-bond donors (Lipinski definition) is 1. The summed E-state index contributed by atoms with van der Waals surface area (Å²) >= 11 is 0. The van der Waals surface area contributed by atoms with Gasteiger partial charge in [0, 0.05) is 25.2 Å². The lowest BCUT2D eigenvalue weighted by Crippen LogP contribution is -2.16. The minimum Gasteiger partial charge on any atom is -0.496 e. The molecule has 1 N–H and O–H groups in total. The highest BCUT2D eigenvalue weighted by molar-refractivity contribution is 5.38. The van der Waals surface area contributed by atoms with E-state index < -0.39 is 0 Å². The fraction of sp³-hybridized carbons (Fsp3) is 0.294. The van der Waals surface area contributed by atoms with Gasteiger partial charge in [0.2, 0.25) is 0 Å². The van der Waals surface area contributed by atoms with E-state index in [-0.39, 0.29) is 6.61 Å². The zero-order chi connectivity index (χ0) is 13.9. The standard InChI is InChI=1S/C17H19NO2/c1-20-17-7-6-13(12-19)8-16(17)11-18-9-14-4-2-3-5-15(14)10-18/h2-8,19H,9-12H2,1H3. The van der Waals surface area contributed by atoms with Crippen LogP contribution in [-0.2, 0) is 26.2 Å². The van der Waals surface area contributed by atoms with Crippen LogP contribution in [0.1, 0.15) is 22.3 Å². The molecular weight excluding hydrogens is 250 g/mol. The number of benzene rings is 2. The summed E-state index contributed by atoms with van der Waals surface area (Å²) in [4.78, 5) is 2.39. The van der Waals surface area contributed by atoms with Crippen LogP contribution in [0.15, 0.2) is 42.5 Å². The first kappa shape index (κ1) is 13.2. The van der Waals surface area contributed by atoms with Gasteiger partial charge in [-0.2, -0.15) is 0 Å². The average molecular weight is 269 g/mol. The first-order valence-corrected chi connectivity index (χ1v) is 6.86. The summed E-state index contributed by atoms with van der Waals surface area (Å²) in [6.45, 7) is 2.86. The molecular formula is C17H19NO2. The maximum Gasteiger partial charge on any atom is 0.123 e. The molecule has 0 amide bonds. The van der Waals surface area contributed by atoms with Crippen molar-refractivity contribution in [2.24, 2.45) is 0 Å². The molecule has 0 saturated heterocycles. The Labute approximate surface area is 119 Å². The normalized spacial score (nSPS) is 14.3. The average Bonchev–Trinajstić information content (AvgIpc) is 2.89. The van der Waals surface area contributed by atoms with Gasteiger partial charge in [0.05, 0.1) is 13.7 Å². The van der Waals surface area contributed by atoms with Crippen molar-refractivity contribution in [3.8, 4) is 5.75 Å². The maximum absolute atomic E-state index is 9.27. The molecule has 104 valence electrons. The molecule has 2 aromatic rings. The smallest absolute Gasteiger partial charge is 0.123 e. The Morgan fingerprint density at radius 3 is 2.40 bits per heavy atom. The quantitative estimate of drug-likeness (QED) is 0.926. The number of aliphatic hydroxyl groups is 1. The lowest BCUT2D eigenvalue weighted by Gasteiger charge is -2.17. The summed E-state index contributed by atoms with van der Waals surface area (Å²) in [6.07, 6.45) is 0. The molecule has 1 aliphatic heterocycles. The van der Waals surface area contributed by atoms with Crippen molar-refractivity contribution < 1.29 is 9.84 Å². The SMILES string of the molecule is COc1ccc(CO)cc1CN1Cc2ccccc2C1. The van der Waals surface area contributed by atoms with Crippen molar-refractivity contribution in [1.29, 1.82) is 0 Å². The first-order valence-electron chi connectivity index (χ1n) is 6.86. The van der Waals surface area contributed by atoms with Crippen molar-refractivity contribution in [2.75, 3.05) is 7.11 Å². The van der Waals surface area contributed by atoms with Gasteiger partial charge in [-0.15, -0.1) is 0 Å². The minimum atomic E-state index is 0.0667. The largest absolute Gasteiger partial charge is 0.496 e. The molecule has 3 nitrogen and oxygen atoms in total. The van der Waals surface area contributed by atoms with Crippen LogP contribution >= 0.6 is 0 Å². The Morgan fingerprint density at radius 1 is 1.10 bits per heavy atom. The lowest BCUT2D eigenvalue weighted by atomic mass is 10.1. The van der Waals surface area contributed by atoms with Gasteiger partial charge in [-0.05, 0) is 28.8 Å². The Morgan fingerprint density at radius 2 is 1.80 bits per heavy atom. The van der Waals surface area contributed by atoms with Gasteiger partial charge in [-0.1, -0.05) is 30.3 Å². The summed E-state index contributed by atoms with van der Waals surface area (Å²) in [6, 6.07) is 14.4. The molecule has 0 radical (unpaired) electrons. The molecule has 0 atom stereocenters. The van der Waals surface area contributed by atoms with E-state index in [1.165, 1.54) is 11.1 Å². The fourth-order valence-corrected chi connectivity index (χ4v) is 2.81. The maximum atomic E-state index is 9.27. The Hall–Kier alpha value is -1.84. The van der Waals surface area contributed by atoms with Gasteiger partial charge in [-0.25, -0.2) is 0 Å². The van der Waals surface area contributed by atoms with Gasteiger partial charge in [-0.3, -0.25) is 4.90 Å². The Kier molecular flexibility index (Phi) is 3.72. The van der Waals surface area contributed by atoms with Crippen molar-refractivity contribution in [3.63, 3.8) is 0 Å². The lowest BCUT2D eigenvalue weighted by molar-refractivity contribution is 0.267. The number of rotatable bonds is 4. The molecule has 3 rings (SSSR count). The highest BCUT2D eigenvalue weighted by Crippen LogP contribution is 2.27. The van der Waals surface area contributed by atoms with Crippen LogP contribution in [-0.4, -0.2) is 17.1 Å². The van der Waals surface area contributed by atoms with Crippen LogP contribution in [0.25, 0.3) is 0 Å². The summed E-state index contributed by atoms with van der Waals surface area (Å²) in [7, 11) is 1.69. The van der Waals surface area contributed by atoms with Crippen LogP contribution in [0.4, 0.5) is 0 Å². The van der Waals surface area contributed by atoms with Gasteiger partial charge in [0.25, 0.3) is 0 Å². The molecule has 1 heterocycles. The van der Waals surface area contributed by atoms with E-state index in [1.54, 1.807) is 7.11 Å². The second-order valence-corrected chi connectivity index (χ2v) is 5.22. The zero-order valence-corrected chi connectivity index (χ0v) is 11.7. The highest BCUT2D eigenvalue weighted by atomic mass is 16.5. The van der Waals surface area contributed by atoms with Gasteiger partial charge < -0.3 is 9.84 Å². The monoisotopic (exact) mass is 269 g/mol. The van der Waals surface area contributed by atoms with E-state index >= 15 is 0 Å². The van der Waals surface area contributed by atoms with E-state index in [4.69, 9.17) is 4.74 Å². The molecule has 0 spiro atoms. The molecule has 0 bridgehead atoms.